The molecule has 0 aliphatic heterocycles. The van der Waals surface area contributed by atoms with Crippen LogP contribution in [0, 0.1) is 0 Å². The topological polar surface area (TPSA) is 70.2 Å². The highest BCUT2D eigenvalue weighted by molar-refractivity contribution is 5.80. The molecule has 0 saturated heterocycles. The maximum atomic E-state index is 11.5. The van der Waals surface area contributed by atoms with Crippen molar-refractivity contribution in [3.8, 4) is 0 Å². The zero-order chi connectivity index (χ0) is 14.3. The normalized spacial score (nSPS) is 10.1. The van der Waals surface area contributed by atoms with Crippen molar-refractivity contribution in [1.29, 1.82) is 0 Å². The molecule has 0 aliphatic carbocycles. The Morgan fingerprint density at radius 2 is 2.05 bits per heavy atom. The van der Waals surface area contributed by atoms with Gasteiger partial charge in [-0.3, -0.25) is 4.79 Å². The number of nitrogens with zero attached hydrogens (tertiary/aromatic N) is 3. The molecule has 0 atom stereocenters. The van der Waals surface area contributed by atoms with E-state index in [9.17, 15) is 4.79 Å². The summed E-state index contributed by atoms with van der Waals surface area (Å²) in [6.45, 7) is 7.88. The highest BCUT2D eigenvalue weighted by atomic mass is 16.1. The molecule has 6 heteroatoms. The van der Waals surface area contributed by atoms with E-state index in [0.29, 0.717) is 6.54 Å². The molecule has 19 heavy (non-hydrogen) atoms. The van der Waals surface area contributed by atoms with E-state index in [4.69, 9.17) is 0 Å². The van der Waals surface area contributed by atoms with E-state index in [1.54, 1.807) is 7.05 Å². The minimum absolute atomic E-state index is 0.0245. The highest BCUT2D eigenvalue weighted by Crippen LogP contribution is 2.16. The van der Waals surface area contributed by atoms with E-state index >= 15 is 0 Å². The fourth-order valence-corrected chi connectivity index (χ4v) is 1.68. The maximum Gasteiger partial charge on any atom is 0.239 e. The van der Waals surface area contributed by atoms with Crippen LogP contribution < -0.4 is 15.5 Å². The predicted molar refractivity (Wildman–Crippen MR) is 77.5 cm³/mol. The molecule has 0 unspecified atom stereocenters. The van der Waals surface area contributed by atoms with Gasteiger partial charge in [0.2, 0.25) is 5.91 Å². The Bertz CT molecular complexity index is 421. The lowest BCUT2D eigenvalue weighted by atomic mass is 10.3. The van der Waals surface area contributed by atoms with Gasteiger partial charge in [0.15, 0.2) is 0 Å². The number of carbonyl (C=O) groups is 1. The van der Waals surface area contributed by atoms with Crippen molar-refractivity contribution in [2.75, 3.05) is 36.9 Å². The number of hydrogen-bond acceptors (Lipinski definition) is 5. The molecule has 0 aromatic carbocycles. The minimum atomic E-state index is -0.0245. The average molecular weight is 265 g/mol. The number of amides is 1. The molecule has 1 aromatic heterocycles. The van der Waals surface area contributed by atoms with Crippen molar-refractivity contribution in [3.05, 3.63) is 11.9 Å². The van der Waals surface area contributed by atoms with Gasteiger partial charge in [-0.15, -0.1) is 0 Å². The van der Waals surface area contributed by atoms with Crippen LogP contribution in [0.1, 0.15) is 26.6 Å². The first-order chi connectivity index (χ1) is 9.14. The summed E-state index contributed by atoms with van der Waals surface area (Å²) >= 11 is 0. The van der Waals surface area contributed by atoms with Gasteiger partial charge in [0.05, 0.1) is 6.54 Å². The number of rotatable bonds is 7. The molecule has 0 saturated carbocycles. The second-order valence-electron chi connectivity index (χ2n) is 4.10. The number of nitrogens with one attached hydrogen (secondary N) is 2. The highest BCUT2D eigenvalue weighted by Gasteiger charge is 2.12. The first kappa shape index (κ1) is 15.2. The molecule has 0 fully saturated rings. The van der Waals surface area contributed by atoms with Gasteiger partial charge in [0.25, 0.3) is 0 Å². The van der Waals surface area contributed by atoms with Crippen LogP contribution >= 0.6 is 0 Å². The molecular weight excluding hydrogens is 242 g/mol. The van der Waals surface area contributed by atoms with Crippen LogP contribution in [-0.2, 0) is 11.2 Å². The van der Waals surface area contributed by atoms with E-state index in [1.165, 1.54) is 0 Å². The molecule has 6 nitrogen and oxygen atoms in total. The number of likely N-dealkylation sites (N-methyl/N-ethyl adjacent to an activating group) is 2. The van der Waals surface area contributed by atoms with E-state index < -0.39 is 0 Å². The van der Waals surface area contributed by atoms with E-state index in [0.717, 1.165) is 37.0 Å². The van der Waals surface area contributed by atoms with Gasteiger partial charge >= 0.3 is 0 Å². The van der Waals surface area contributed by atoms with Crippen LogP contribution in [0.4, 0.5) is 11.6 Å². The number of carbonyl (C=O) groups excluding carboxylic acids is 1. The van der Waals surface area contributed by atoms with Gasteiger partial charge in [0.1, 0.15) is 17.5 Å². The van der Waals surface area contributed by atoms with Gasteiger partial charge in [-0.25, -0.2) is 9.97 Å². The summed E-state index contributed by atoms with van der Waals surface area (Å²) in [6.07, 6.45) is 0.768. The number of aryl methyl sites for hydroxylation is 1. The largest absolute Gasteiger partial charge is 0.370 e. The molecular formula is C13H23N5O. The van der Waals surface area contributed by atoms with Gasteiger partial charge in [-0.05, 0) is 13.8 Å². The Morgan fingerprint density at radius 3 is 2.58 bits per heavy atom. The number of anilines is 2. The number of aromatic nitrogens is 2. The van der Waals surface area contributed by atoms with Crippen molar-refractivity contribution in [2.24, 2.45) is 0 Å². The van der Waals surface area contributed by atoms with Gasteiger partial charge in [-0.2, -0.15) is 0 Å². The molecule has 1 aromatic rings. The smallest absolute Gasteiger partial charge is 0.239 e. The van der Waals surface area contributed by atoms with Crippen molar-refractivity contribution in [1.82, 2.24) is 15.3 Å². The number of hydrogen-bond donors (Lipinski definition) is 2. The van der Waals surface area contributed by atoms with Crippen molar-refractivity contribution >= 4 is 17.5 Å². The van der Waals surface area contributed by atoms with Gasteiger partial charge in [-0.1, -0.05) is 6.92 Å². The Hall–Kier alpha value is -1.85. The summed E-state index contributed by atoms with van der Waals surface area (Å²) in [7, 11) is 1.64. The van der Waals surface area contributed by atoms with Crippen molar-refractivity contribution < 1.29 is 4.79 Å². The fourth-order valence-electron chi connectivity index (χ4n) is 1.68. The molecule has 1 heterocycles. The average Bonchev–Trinajstić information content (AvgIpc) is 2.44. The third-order valence-corrected chi connectivity index (χ3v) is 2.75. The Balaban J connectivity index is 3.00. The molecule has 0 aliphatic rings. The lowest BCUT2D eigenvalue weighted by Crippen LogP contribution is -2.36. The third-order valence-electron chi connectivity index (χ3n) is 2.75. The zero-order valence-corrected chi connectivity index (χ0v) is 12.2. The van der Waals surface area contributed by atoms with Crippen LogP contribution in [0.2, 0.25) is 0 Å². The summed E-state index contributed by atoms with van der Waals surface area (Å²) in [6, 6.07) is 1.88. The Kier molecular flexibility index (Phi) is 6.05. The summed E-state index contributed by atoms with van der Waals surface area (Å²) in [5, 5.41) is 5.82. The summed E-state index contributed by atoms with van der Waals surface area (Å²) in [4.78, 5) is 22.3. The second kappa shape index (κ2) is 7.56. The van der Waals surface area contributed by atoms with Crippen molar-refractivity contribution in [3.63, 3.8) is 0 Å². The fraction of sp³-hybridized carbons (Fsp3) is 0.615. The van der Waals surface area contributed by atoms with Crippen LogP contribution in [0.5, 0.6) is 0 Å². The van der Waals surface area contributed by atoms with Crippen LogP contribution in [0.3, 0.4) is 0 Å². The standard InChI is InChI=1S/C13H23N5O/c1-5-10-16-11(15-6-2)8-12(17-10)18(7-3)9-13(19)14-4/h8H,5-7,9H2,1-4H3,(H,14,19)(H,15,16,17). The maximum absolute atomic E-state index is 11.5. The van der Waals surface area contributed by atoms with Gasteiger partial charge < -0.3 is 15.5 Å². The van der Waals surface area contributed by atoms with E-state index in [1.807, 2.05) is 31.7 Å². The monoisotopic (exact) mass is 265 g/mol. The van der Waals surface area contributed by atoms with Crippen LogP contribution in [0.15, 0.2) is 6.07 Å². The molecule has 1 amide bonds. The zero-order valence-electron chi connectivity index (χ0n) is 12.2. The quantitative estimate of drug-likeness (QED) is 0.771. The van der Waals surface area contributed by atoms with E-state index in [2.05, 4.69) is 20.6 Å². The van der Waals surface area contributed by atoms with Crippen molar-refractivity contribution in [2.45, 2.75) is 27.2 Å². The first-order valence-corrected chi connectivity index (χ1v) is 6.71. The molecule has 0 radical (unpaired) electrons. The minimum Gasteiger partial charge on any atom is -0.370 e. The summed E-state index contributed by atoms with van der Waals surface area (Å²) < 4.78 is 0. The lowest BCUT2D eigenvalue weighted by molar-refractivity contribution is -0.119. The molecule has 1 rings (SSSR count). The first-order valence-electron chi connectivity index (χ1n) is 6.71. The van der Waals surface area contributed by atoms with Crippen LogP contribution in [-0.4, -0.2) is 42.6 Å². The SMILES string of the molecule is CCNc1cc(N(CC)CC(=O)NC)nc(CC)n1. The molecule has 0 bridgehead atoms. The summed E-state index contributed by atoms with van der Waals surface area (Å²) in [5.74, 6) is 2.35. The van der Waals surface area contributed by atoms with Crippen LogP contribution in [0.25, 0.3) is 0 Å². The molecule has 0 spiro atoms. The predicted octanol–water partition coefficient (Wildman–Crippen LogP) is 1.04. The summed E-state index contributed by atoms with van der Waals surface area (Å²) in [5.41, 5.74) is 0. The lowest BCUT2D eigenvalue weighted by Gasteiger charge is -2.22. The second-order valence-corrected chi connectivity index (χ2v) is 4.10. The third kappa shape index (κ3) is 4.39. The van der Waals surface area contributed by atoms with Gasteiger partial charge in [0, 0.05) is 32.6 Å². The molecule has 2 N–H and O–H groups in total. The van der Waals surface area contributed by atoms with E-state index in [-0.39, 0.29) is 5.91 Å². The Labute approximate surface area is 114 Å². The Morgan fingerprint density at radius 1 is 1.32 bits per heavy atom. The molecule has 106 valence electrons.